The fraction of sp³-hybridized carbons (Fsp3) is 0.350. The molecule has 1 aromatic carbocycles. The van der Waals surface area contributed by atoms with Gasteiger partial charge in [-0.05, 0) is 37.2 Å². The van der Waals surface area contributed by atoms with Crippen molar-refractivity contribution in [3.63, 3.8) is 0 Å². The second kappa shape index (κ2) is 7.47. The summed E-state index contributed by atoms with van der Waals surface area (Å²) in [5.41, 5.74) is 3.50. The molecule has 1 amide bonds. The number of carbonyl (C=O) groups is 1. The largest absolute Gasteiger partial charge is 0.352 e. The van der Waals surface area contributed by atoms with Crippen molar-refractivity contribution in [1.82, 2.24) is 39.2 Å². The molecule has 3 aromatic heterocycles. The van der Waals surface area contributed by atoms with E-state index in [1.165, 1.54) is 34.4 Å². The number of fused-ring (bicyclic) bond motifs is 4. The maximum absolute atomic E-state index is 12.7. The summed E-state index contributed by atoms with van der Waals surface area (Å²) < 4.78 is 4.54. The lowest BCUT2D eigenvalue weighted by Gasteiger charge is -2.24. The number of aryl methyl sites for hydroxylation is 1. The Morgan fingerprint density at radius 2 is 2.13 bits per heavy atom. The highest BCUT2D eigenvalue weighted by molar-refractivity contribution is 6.31. The van der Waals surface area contributed by atoms with Gasteiger partial charge in [-0.3, -0.25) is 4.79 Å². The van der Waals surface area contributed by atoms with Gasteiger partial charge in [0.05, 0.1) is 0 Å². The number of aromatic nitrogens is 6. The molecule has 31 heavy (non-hydrogen) atoms. The van der Waals surface area contributed by atoms with Gasteiger partial charge in [-0.25, -0.2) is 14.2 Å². The zero-order chi connectivity index (χ0) is 21.7. The molecular weight excluding hydrogens is 420 g/mol. The highest BCUT2D eigenvalue weighted by Gasteiger charge is 2.23. The van der Waals surface area contributed by atoms with Crippen molar-refractivity contribution in [1.29, 1.82) is 0 Å². The Labute approximate surface area is 182 Å². The number of amides is 1. The average molecular weight is 441 g/mol. The summed E-state index contributed by atoms with van der Waals surface area (Å²) in [6, 6.07) is 5.95. The number of hydrogen-bond donors (Lipinski definition) is 1. The predicted molar refractivity (Wildman–Crippen MR) is 115 cm³/mol. The van der Waals surface area contributed by atoms with Gasteiger partial charge >= 0.3 is 5.69 Å². The molecule has 1 aliphatic rings. The van der Waals surface area contributed by atoms with Crippen LogP contribution < -0.4 is 11.0 Å². The Morgan fingerprint density at radius 3 is 2.97 bits per heavy atom. The first-order chi connectivity index (χ1) is 14.9. The molecule has 0 atom stereocenters. The van der Waals surface area contributed by atoms with Crippen LogP contribution in [0.25, 0.3) is 16.6 Å². The van der Waals surface area contributed by atoms with Crippen molar-refractivity contribution in [2.45, 2.75) is 19.5 Å². The number of imidazole rings is 1. The standard InChI is InChI=1S/C20H21ClN8O2/c1-26-7-5-13-14-9-12(21)3-4-15(14)28(16(13)10-26)8-6-22-19(30)17-18-24-25-27(2)20(31)29(18)11-23-17/h3-4,9,11H,5-8,10H2,1-2H3,(H,22,30). The second-order valence-electron chi connectivity index (χ2n) is 7.76. The lowest BCUT2D eigenvalue weighted by molar-refractivity contribution is 0.0949. The quantitative estimate of drug-likeness (QED) is 0.504. The van der Waals surface area contributed by atoms with Crippen LogP contribution in [0.1, 0.15) is 21.7 Å². The first kappa shape index (κ1) is 19.7. The summed E-state index contributed by atoms with van der Waals surface area (Å²) in [5.74, 6) is -0.393. The molecule has 0 spiro atoms. The first-order valence-corrected chi connectivity index (χ1v) is 10.3. The van der Waals surface area contributed by atoms with E-state index >= 15 is 0 Å². The van der Waals surface area contributed by atoms with Crippen LogP contribution in [0.4, 0.5) is 0 Å². The van der Waals surface area contributed by atoms with E-state index < -0.39 is 11.6 Å². The average Bonchev–Trinajstić information content (AvgIpc) is 3.30. The van der Waals surface area contributed by atoms with Gasteiger partial charge in [0.2, 0.25) is 0 Å². The van der Waals surface area contributed by atoms with E-state index in [2.05, 4.69) is 37.1 Å². The lowest BCUT2D eigenvalue weighted by atomic mass is 10.0. The van der Waals surface area contributed by atoms with Crippen LogP contribution in [-0.2, 0) is 26.6 Å². The maximum Gasteiger partial charge on any atom is 0.352 e. The van der Waals surface area contributed by atoms with Gasteiger partial charge < -0.3 is 14.8 Å². The molecule has 0 unspecified atom stereocenters. The molecule has 0 saturated carbocycles. The number of halogens is 1. The van der Waals surface area contributed by atoms with E-state index in [-0.39, 0.29) is 11.3 Å². The van der Waals surface area contributed by atoms with E-state index in [0.717, 1.165) is 34.7 Å². The van der Waals surface area contributed by atoms with Crippen molar-refractivity contribution in [3.8, 4) is 0 Å². The molecule has 11 heteroatoms. The number of benzene rings is 1. The van der Waals surface area contributed by atoms with Gasteiger partial charge in [-0.15, -0.1) is 5.10 Å². The molecule has 0 fully saturated rings. The molecule has 1 N–H and O–H groups in total. The Kier molecular flexibility index (Phi) is 4.75. The zero-order valence-corrected chi connectivity index (χ0v) is 17.9. The predicted octanol–water partition coefficient (Wildman–Crippen LogP) is 0.849. The molecule has 0 radical (unpaired) electrons. The molecule has 160 valence electrons. The van der Waals surface area contributed by atoms with Crippen molar-refractivity contribution >= 4 is 34.1 Å². The molecule has 0 saturated heterocycles. The molecule has 5 rings (SSSR count). The smallest absolute Gasteiger partial charge is 0.349 e. The SMILES string of the molecule is CN1CCc2c(n(CCNC(=O)c3ncn4c(=O)n(C)nnc34)c3ccc(Cl)cc23)C1. The van der Waals surface area contributed by atoms with E-state index in [0.29, 0.717) is 13.1 Å². The minimum Gasteiger partial charge on any atom is -0.349 e. The maximum atomic E-state index is 12.7. The van der Waals surface area contributed by atoms with Crippen LogP contribution in [0.3, 0.4) is 0 Å². The van der Waals surface area contributed by atoms with E-state index in [9.17, 15) is 9.59 Å². The number of nitrogens with zero attached hydrogens (tertiary/aromatic N) is 7. The van der Waals surface area contributed by atoms with Crippen LogP contribution in [0.5, 0.6) is 0 Å². The third kappa shape index (κ3) is 3.28. The number of hydrogen-bond acceptors (Lipinski definition) is 6. The van der Waals surface area contributed by atoms with Crippen molar-refractivity contribution in [2.24, 2.45) is 7.05 Å². The summed E-state index contributed by atoms with van der Waals surface area (Å²) in [6.07, 6.45) is 2.26. The zero-order valence-electron chi connectivity index (χ0n) is 17.2. The van der Waals surface area contributed by atoms with Gasteiger partial charge in [-0.1, -0.05) is 16.8 Å². The fourth-order valence-electron chi connectivity index (χ4n) is 4.21. The van der Waals surface area contributed by atoms with Crippen molar-refractivity contribution < 1.29 is 4.79 Å². The van der Waals surface area contributed by atoms with Crippen LogP contribution in [0.2, 0.25) is 5.02 Å². The minimum atomic E-state index is -0.412. The number of rotatable bonds is 4. The number of nitrogens with one attached hydrogen (secondary N) is 1. The third-order valence-corrected chi connectivity index (χ3v) is 5.98. The molecular formula is C20H21ClN8O2. The van der Waals surface area contributed by atoms with Crippen LogP contribution in [0.15, 0.2) is 29.3 Å². The minimum absolute atomic E-state index is 0.0797. The summed E-state index contributed by atoms with van der Waals surface area (Å²) >= 11 is 6.25. The summed E-state index contributed by atoms with van der Waals surface area (Å²) in [5, 5.41) is 12.4. The van der Waals surface area contributed by atoms with E-state index in [1.807, 2.05) is 18.2 Å². The van der Waals surface area contributed by atoms with Gasteiger partial charge in [0.15, 0.2) is 11.3 Å². The van der Waals surface area contributed by atoms with Gasteiger partial charge in [0, 0.05) is 54.8 Å². The monoisotopic (exact) mass is 440 g/mol. The highest BCUT2D eigenvalue weighted by Crippen LogP contribution is 2.32. The van der Waals surface area contributed by atoms with Crippen LogP contribution in [-0.4, -0.2) is 59.9 Å². The molecule has 4 heterocycles. The summed E-state index contributed by atoms with van der Waals surface area (Å²) in [6.45, 7) is 2.86. The Balaban J connectivity index is 1.40. The Hall–Kier alpha value is -3.24. The van der Waals surface area contributed by atoms with Crippen LogP contribution >= 0.6 is 11.6 Å². The van der Waals surface area contributed by atoms with E-state index in [4.69, 9.17) is 11.6 Å². The Bertz CT molecular complexity index is 1390. The lowest BCUT2D eigenvalue weighted by Crippen LogP contribution is -2.31. The molecule has 4 aromatic rings. The van der Waals surface area contributed by atoms with Crippen molar-refractivity contribution in [3.05, 3.63) is 57.0 Å². The van der Waals surface area contributed by atoms with Gasteiger partial charge in [0.1, 0.15) is 6.33 Å². The number of likely N-dealkylation sites (N-methyl/N-ethyl adjacent to an activating group) is 1. The van der Waals surface area contributed by atoms with Gasteiger partial charge in [0.25, 0.3) is 5.91 Å². The second-order valence-corrected chi connectivity index (χ2v) is 8.20. The third-order valence-electron chi connectivity index (χ3n) is 5.75. The van der Waals surface area contributed by atoms with Crippen LogP contribution in [0, 0.1) is 0 Å². The topological polar surface area (TPSA) is 102 Å². The first-order valence-electron chi connectivity index (χ1n) is 9.97. The van der Waals surface area contributed by atoms with Gasteiger partial charge in [-0.2, -0.15) is 4.68 Å². The fourth-order valence-corrected chi connectivity index (χ4v) is 4.38. The summed E-state index contributed by atoms with van der Waals surface area (Å²) in [4.78, 5) is 31.1. The van der Waals surface area contributed by atoms with Crippen molar-refractivity contribution in [2.75, 3.05) is 20.1 Å². The molecule has 0 aliphatic carbocycles. The molecule has 10 nitrogen and oxygen atoms in total. The number of carbonyl (C=O) groups excluding carboxylic acids is 1. The molecule has 0 bridgehead atoms. The normalized spacial score (nSPS) is 14.3. The molecule has 1 aliphatic heterocycles. The summed E-state index contributed by atoms with van der Waals surface area (Å²) in [7, 11) is 3.59. The highest BCUT2D eigenvalue weighted by atomic mass is 35.5. The van der Waals surface area contributed by atoms with E-state index in [1.54, 1.807) is 0 Å². The Morgan fingerprint density at radius 1 is 1.29 bits per heavy atom.